The Hall–Kier alpha value is -3.78. The lowest BCUT2D eigenvalue weighted by molar-refractivity contribution is -0.274. The van der Waals surface area contributed by atoms with Crippen molar-refractivity contribution in [1.29, 1.82) is 0 Å². The van der Waals surface area contributed by atoms with Crippen LogP contribution in [-0.4, -0.2) is 16.8 Å². The highest BCUT2D eigenvalue weighted by Gasteiger charge is 2.30. The standard InChI is InChI=1S/C25H18ClF3N2O3/c1-15-13-17(26)7-10-19(15)23(32)30-22-4-2-3-21-20(22)11-12-31(24(21)33)14-16-5-8-18(9-6-16)34-25(27,28)29/h2-13H,14H2,1H3,(H,30,32). The second kappa shape index (κ2) is 9.23. The van der Waals surface area contributed by atoms with E-state index >= 15 is 0 Å². The molecule has 1 aromatic heterocycles. The van der Waals surface area contributed by atoms with Crippen molar-refractivity contribution >= 4 is 34.0 Å². The maximum Gasteiger partial charge on any atom is 0.573 e. The quantitative estimate of drug-likeness (QED) is 0.367. The molecule has 0 aliphatic carbocycles. The molecular weight excluding hydrogens is 469 g/mol. The largest absolute Gasteiger partial charge is 0.573 e. The summed E-state index contributed by atoms with van der Waals surface area (Å²) in [5, 5.41) is 4.34. The number of pyridine rings is 1. The zero-order chi connectivity index (χ0) is 24.5. The van der Waals surface area contributed by atoms with Crippen LogP contribution >= 0.6 is 11.6 Å². The van der Waals surface area contributed by atoms with Gasteiger partial charge in [0.05, 0.1) is 6.54 Å². The third kappa shape index (κ3) is 5.23. The number of aryl methyl sites for hydroxylation is 1. The molecule has 0 saturated carbocycles. The molecule has 4 rings (SSSR count). The molecule has 0 atom stereocenters. The van der Waals surface area contributed by atoms with Crippen molar-refractivity contribution in [2.24, 2.45) is 0 Å². The lowest BCUT2D eigenvalue weighted by Gasteiger charge is -2.13. The minimum absolute atomic E-state index is 0.154. The van der Waals surface area contributed by atoms with Gasteiger partial charge in [0.25, 0.3) is 11.5 Å². The maximum absolute atomic E-state index is 13.0. The zero-order valence-corrected chi connectivity index (χ0v) is 18.6. The van der Waals surface area contributed by atoms with Crippen molar-refractivity contribution in [3.63, 3.8) is 0 Å². The molecule has 9 heteroatoms. The molecule has 34 heavy (non-hydrogen) atoms. The third-order valence-electron chi connectivity index (χ3n) is 5.21. The van der Waals surface area contributed by atoms with Gasteiger partial charge in [-0.1, -0.05) is 29.8 Å². The maximum atomic E-state index is 13.0. The molecule has 4 aromatic rings. The van der Waals surface area contributed by atoms with Gasteiger partial charge in [-0.2, -0.15) is 0 Å². The molecule has 0 aliphatic rings. The van der Waals surface area contributed by atoms with Gasteiger partial charge < -0.3 is 14.6 Å². The van der Waals surface area contributed by atoms with Crippen LogP contribution < -0.4 is 15.6 Å². The summed E-state index contributed by atoms with van der Waals surface area (Å²) in [4.78, 5) is 25.8. The number of anilines is 1. The number of nitrogens with one attached hydrogen (secondary N) is 1. The number of carbonyl (C=O) groups is 1. The smallest absolute Gasteiger partial charge is 0.406 e. The van der Waals surface area contributed by atoms with Gasteiger partial charge in [0, 0.05) is 33.2 Å². The summed E-state index contributed by atoms with van der Waals surface area (Å²) in [5.41, 5.74) is 1.99. The lowest BCUT2D eigenvalue weighted by Crippen LogP contribution is -2.21. The number of hydrogen-bond donors (Lipinski definition) is 1. The van der Waals surface area contributed by atoms with E-state index in [-0.39, 0.29) is 23.8 Å². The Labute approximate surface area is 197 Å². The van der Waals surface area contributed by atoms with E-state index in [1.165, 1.54) is 28.8 Å². The fourth-order valence-corrected chi connectivity index (χ4v) is 3.84. The molecule has 3 aromatic carbocycles. The van der Waals surface area contributed by atoms with Crippen LogP contribution in [0.5, 0.6) is 5.75 Å². The van der Waals surface area contributed by atoms with E-state index in [1.807, 2.05) is 0 Å². The molecular formula is C25H18ClF3N2O3. The highest BCUT2D eigenvalue weighted by molar-refractivity contribution is 6.30. The van der Waals surface area contributed by atoms with E-state index < -0.39 is 6.36 Å². The average molecular weight is 487 g/mol. The van der Waals surface area contributed by atoms with Gasteiger partial charge in [-0.3, -0.25) is 9.59 Å². The summed E-state index contributed by atoms with van der Waals surface area (Å²) in [6, 6.07) is 17.0. The molecule has 0 unspecified atom stereocenters. The number of fused-ring (bicyclic) bond motifs is 1. The fourth-order valence-electron chi connectivity index (χ4n) is 3.62. The molecule has 0 saturated heterocycles. The third-order valence-corrected chi connectivity index (χ3v) is 5.44. The summed E-state index contributed by atoms with van der Waals surface area (Å²) in [7, 11) is 0. The van der Waals surface area contributed by atoms with Crippen LogP contribution in [0.25, 0.3) is 10.8 Å². The molecule has 1 heterocycles. The van der Waals surface area contributed by atoms with E-state index in [0.717, 1.165) is 5.56 Å². The molecule has 174 valence electrons. The van der Waals surface area contributed by atoms with Crippen LogP contribution in [0.2, 0.25) is 5.02 Å². The van der Waals surface area contributed by atoms with Crippen molar-refractivity contribution < 1.29 is 22.7 Å². The van der Waals surface area contributed by atoms with Crippen LogP contribution in [0.3, 0.4) is 0 Å². The molecule has 1 N–H and O–H groups in total. The summed E-state index contributed by atoms with van der Waals surface area (Å²) < 4.78 is 42.3. The molecule has 0 fully saturated rings. The Morgan fingerprint density at radius 1 is 1.03 bits per heavy atom. The van der Waals surface area contributed by atoms with Crippen molar-refractivity contribution in [3.05, 3.63) is 105 Å². The number of alkyl halides is 3. The number of benzene rings is 3. The minimum Gasteiger partial charge on any atom is -0.406 e. The van der Waals surface area contributed by atoms with E-state index in [0.29, 0.717) is 32.6 Å². The zero-order valence-electron chi connectivity index (χ0n) is 17.8. The van der Waals surface area contributed by atoms with Crippen LogP contribution in [-0.2, 0) is 6.54 Å². The topological polar surface area (TPSA) is 60.3 Å². The molecule has 0 spiro atoms. The van der Waals surface area contributed by atoms with Crippen LogP contribution in [0, 0.1) is 6.92 Å². The van der Waals surface area contributed by atoms with E-state index in [2.05, 4.69) is 10.1 Å². The highest BCUT2D eigenvalue weighted by atomic mass is 35.5. The number of aromatic nitrogens is 1. The highest BCUT2D eigenvalue weighted by Crippen LogP contribution is 2.25. The van der Waals surface area contributed by atoms with Crippen molar-refractivity contribution in [2.75, 3.05) is 5.32 Å². The average Bonchev–Trinajstić information content (AvgIpc) is 2.76. The Morgan fingerprint density at radius 2 is 1.76 bits per heavy atom. The van der Waals surface area contributed by atoms with Crippen LogP contribution in [0.4, 0.5) is 18.9 Å². The van der Waals surface area contributed by atoms with Gasteiger partial charge in [-0.05, 0) is 66.6 Å². The number of amides is 1. The van der Waals surface area contributed by atoms with Gasteiger partial charge in [0.1, 0.15) is 5.75 Å². The Bertz CT molecular complexity index is 1430. The molecule has 0 aliphatic heterocycles. The number of carbonyl (C=O) groups excluding carboxylic acids is 1. The monoisotopic (exact) mass is 486 g/mol. The predicted octanol–water partition coefficient (Wildman–Crippen LogP) is 6.16. The van der Waals surface area contributed by atoms with Crippen LogP contribution in [0.15, 0.2) is 77.7 Å². The molecule has 0 bridgehead atoms. The van der Waals surface area contributed by atoms with Crippen molar-refractivity contribution in [2.45, 2.75) is 19.8 Å². The van der Waals surface area contributed by atoms with Gasteiger partial charge in [0.15, 0.2) is 0 Å². The number of halogens is 4. The van der Waals surface area contributed by atoms with Gasteiger partial charge in [0.2, 0.25) is 0 Å². The fraction of sp³-hybridized carbons (Fsp3) is 0.120. The van der Waals surface area contributed by atoms with Gasteiger partial charge in [-0.15, -0.1) is 13.2 Å². The van der Waals surface area contributed by atoms with Crippen molar-refractivity contribution in [3.8, 4) is 5.75 Å². The normalized spacial score (nSPS) is 11.4. The van der Waals surface area contributed by atoms with E-state index in [1.54, 1.807) is 55.6 Å². The SMILES string of the molecule is Cc1cc(Cl)ccc1C(=O)Nc1cccc2c(=O)n(Cc3ccc(OC(F)(F)F)cc3)ccc12. The van der Waals surface area contributed by atoms with Gasteiger partial charge in [-0.25, -0.2) is 0 Å². The number of hydrogen-bond acceptors (Lipinski definition) is 3. The molecule has 0 radical (unpaired) electrons. The van der Waals surface area contributed by atoms with Crippen LogP contribution in [0.1, 0.15) is 21.5 Å². The first-order valence-corrected chi connectivity index (χ1v) is 10.5. The molecule has 1 amide bonds. The van der Waals surface area contributed by atoms with Crippen molar-refractivity contribution in [1.82, 2.24) is 4.57 Å². The summed E-state index contributed by atoms with van der Waals surface area (Å²) in [6.07, 6.45) is -3.19. The minimum atomic E-state index is -4.77. The first-order chi connectivity index (χ1) is 16.1. The summed E-state index contributed by atoms with van der Waals surface area (Å²) >= 11 is 5.96. The first kappa shape index (κ1) is 23.4. The Balaban J connectivity index is 1.59. The molecule has 5 nitrogen and oxygen atoms in total. The lowest BCUT2D eigenvalue weighted by atomic mass is 10.1. The van der Waals surface area contributed by atoms with E-state index in [9.17, 15) is 22.8 Å². The Morgan fingerprint density at radius 3 is 2.44 bits per heavy atom. The summed E-state index contributed by atoms with van der Waals surface area (Å²) in [5.74, 6) is -0.662. The predicted molar refractivity (Wildman–Crippen MR) is 125 cm³/mol. The second-order valence-corrected chi connectivity index (χ2v) is 8.06. The second-order valence-electron chi connectivity index (χ2n) is 7.62. The summed E-state index contributed by atoms with van der Waals surface area (Å²) in [6.45, 7) is 1.94. The Kier molecular flexibility index (Phi) is 6.34. The van der Waals surface area contributed by atoms with Gasteiger partial charge >= 0.3 is 6.36 Å². The van der Waals surface area contributed by atoms with E-state index in [4.69, 9.17) is 11.6 Å². The number of ether oxygens (including phenoxy) is 1. The number of rotatable bonds is 5. The number of nitrogens with zero attached hydrogens (tertiary/aromatic N) is 1. The first-order valence-electron chi connectivity index (χ1n) is 10.1.